The maximum absolute atomic E-state index is 12.6. The Hall–Kier alpha value is -2.54. The highest BCUT2D eigenvalue weighted by molar-refractivity contribution is 7.89. The van der Waals surface area contributed by atoms with Crippen LogP contribution in [0.3, 0.4) is 0 Å². The van der Waals surface area contributed by atoms with E-state index in [2.05, 4.69) is 4.98 Å². The summed E-state index contributed by atoms with van der Waals surface area (Å²) in [5, 5.41) is 5.10. The molecule has 1 heterocycles. The molecule has 0 saturated heterocycles. The molecule has 3 rings (SSSR count). The van der Waals surface area contributed by atoms with E-state index in [1.807, 2.05) is 24.3 Å². The van der Waals surface area contributed by atoms with Gasteiger partial charge in [-0.1, -0.05) is 35.9 Å². The molecule has 0 radical (unpaired) electrons. The second kappa shape index (κ2) is 6.76. The number of pyridine rings is 1. The molecule has 0 fully saturated rings. The van der Waals surface area contributed by atoms with Gasteiger partial charge in [-0.15, -0.1) is 0 Å². The summed E-state index contributed by atoms with van der Waals surface area (Å²) in [5.74, 6) is -0.317. The quantitative estimate of drug-likeness (QED) is 0.711. The molecule has 0 aliphatic carbocycles. The Morgan fingerprint density at radius 2 is 1.44 bits per heavy atom. The molecule has 0 spiro atoms. The van der Waals surface area contributed by atoms with Crippen molar-refractivity contribution in [3.05, 3.63) is 83.1 Å². The van der Waals surface area contributed by atoms with Crippen molar-refractivity contribution in [3.63, 3.8) is 0 Å². The Kier molecular flexibility index (Phi) is 4.67. The van der Waals surface area contributed by atoms with E-state index in [-0.39, 0.29) is 21.3 Å². The maximum atomic E-state index is 12.6. The third-order valence-corrected chi connectivity index (χ3v) is 5.05. The summed E-state index contributed by atoms with van der Waals surface area (Å²) in [5.41, 5.74) is 2.56. The van der Waals surface area contributed by atoms with Gasteiger partial charge < -0.3 is 0 Å². The molecule has 0 aliphatic rings. The van der Waals surface area contributed by atoms with Gasteiger partial charge in [-0.2, -0.15) is 0 Å². The molecule has 0 unspecified atom stereocenters. The number of nitrogens with two attached hydrogens (primary N) is 1. The van der Waals surface area contributed by atoms with Gasteiger partial charge in [0.05, 0.1) is 5.02 Å². The summed E-state index contributed by atoms with van der Waals surface area (Å²) in [6.07, 6.45) is 3.38. The Bertz CT molecular complexity index is 1030. The van der Waals surface area contributed by atoms with Gasteiger partial charge in [0, 0.05) is 23.5 Å². The Balaban J connectivity index is 1.94. The summed E-state index contributed by atoms with van der Waals surface area (Å²) < 4.78 is 23.1. The van der Waals surface area contributed by atoms with E-state index in [1.165, 1.54) is 18.2 Å². The molecule has 0 saturated carbocycles. The topological polar surface area (TPSA) is 90.1 Å². The second-order valence-electron chi connectivity index (χ2n) is 5.33. The van der Waals surface area contributed by atoms with Crippen molar-refractivity contribution in [2.24, 2.45) is 5.14 Å². The highest BCUT2D eigenvalue weighted by atomic mass is 35.5. The first-order valence-corrected chi connectivity index (χ1v) is 9.16. The second-order valence-corrected chi connectivity index (χ2v) is 7.27. The number of hydrogen-bond acceptors (Lipinski definition) is 4. The van der Waals surface area contributed by atoms with Gasteiger partial charge in [0.15, 0.2) is 5.78 Å². The molecule has 3 aromatic rings. The van der Waals surface area contributed by atoms with Gasteiger partial charge in [0.1, 0.15) is 4.90 Å². The van der Waals surface area contributed by atoms with Crippen molar-refractivity contribution in [1.29, 1.82) is 0 Å². The van der Waals surface area contributed by atoms with Gasteiger partial charge >= 0.3 is 0 Å². The number of halogens is 1. The van der Waals surface area contributed by atoms with E-state index < -0.39 is 10.0 Å². The minimum atomic E-state index is -4.00. The van der Waals surface area contributed by atoms with Crippen LogP contribution in [-0.2, 0) is 10.0 Å². The van der Waals surface area contributed by atoms with Crippen molar-refractivity contribution in [2.45, 2.75) is 4.90 Å². The summed E-state index contributed by atoms with van der Waals surface area (Å²) >= 11 is 5.84. The first-order valence-electron chi connectivity index (χ1n) is 7.24. The molecule has 2 N–H and O–H groups in total. The molecule has 126 valence electrons. The largest absolute Gasteiger partial charge is 0.289 e. The van der Waals surface area contributed by atoms with Gasteiger partial charge in [0.25, 0.3) is 0 Å². The van der Waals surface area contributed by atoms with Crippen LogP contribution in [0.15, 0.2) is 71.9 Å². The summed E-state index contributed by atoms with van der Waals surface area (Å²) in [6, 6.07) is 14.8. The van der Waals surface area contributed by atoms with Crippen LogP contribution in [0.1, 0.15) is 15.9 Å². The van der Waals surface area contributed by atoms with Crippen molar-refractivity contribution < 1.29 is 13.2 Å². The van der Waals surface area contributed by atoms with E-state index in [0.717, 1.165) is 11.1 Å². The Labute approximate surface area is 150 Å². The highest BCUT2D eigenvalue weighted by Crippen LogP contribution is 2.24. The average Bonchev–Trinajstić information content (AvgIpc) is 2.61. The average molecular weight is 373 g/mol. The van der Waals surface area contributed by atoms with Crippen molar-refractivity contribution in [3.8, 4) is 11.1 Å². The molecule has 5 nitrogen and oxygen atoms in total. The number of ketones is 1. The molecule has 0 bridgehead atoms. The number of rotatable bonds is 4. The van der Waals surface area contributed by atoms with E-state index in [9.17, 15) is 13.2 Å². The molecule has 1 aromatic heterocycles. The van der Waals surface area contributed by atoms with Crippen LogP contribution >= 0.6 is 11.6 Å². The Morgan fingerprint density at radius 1 is 0.880 bits per heavy atom. The van der Waals surface area contributed by atoms with E-state index in [0.29, 0.717) is 5.56 Å². The summed E-state index contributed by atoms with van der Waals surface area (Å²) in [4.78, 5) is 16.3. The fourth-order valence-electron chi connectivity index (χ4n) is 2.39. The van der Waals surface area contributed by atoms with E-state index in [4.69, 9.17) is 16.7 Å². The van der Waals surface area contributed by atoms with Crippen molar-refractivity contribution in [1.82, 2.24) is 4.98 Å². The molecular formula is C18H13ClN2O3S. The van der Waals surface area contributed by atoms with Crippen molar-refractivity contribution in [2.75, 3.05) is 0 Å². The predicted molar refractivity (Wildman–Crippen MR) is 95.9 cm³/mol. The van der Waals surface area contributed by atoms with Gasteiger partial charge in [0.2, 0.25) is 10.0 Å². The number of nitrogens with zero attached hydrogens (tertiary/aromatic N) is 1. The summed E-state index contributed by atoms with van der Waals surface area (Å²) in [7, 11) is -4.00. The molecule has 7 heteroatoms. The SMILES string of the molecule is NS(=O)(=O)c1cc(C(=O)c2ccc(-c3ccncc3)cc2)ccc1Cl. The predicted octanol–water partition coefficient (Wildman–Crippen LogP) is 3.28. The Morgan fingerprint density at radius 3 is 2.04 bits per heavy atom. The number of benzene rings is 2. The van der Waals surface area contributed by atoms with Crippen LogP contribution in [0.4, 0.5) is 0 Å². The monoisotopic (exact) mass is 372 g/mol. The lowest BCUT2D eigenvalue weighted by atomic mass is 10.00. The minimum absolute atomic E-state index is 0.0212. The first kappa shape index (κ1) is 17.3. The van der Waals surface area contributed by atoms with Crippen LogP contribution < -0.4 is 5.14 Å². The van der Waals surface area contributed by atoms with Crippen LogP contribution in [0.25, 0.3) is 11.1 Å². The number of hydrogen-bond donors (Lipinski definition) is 1. The standard InChI is InChI=1S/C18H13ClN2O3S/c19-16-6-5-15(11-17(16)25(20,23)24)18(22)14-3-1-12(2-4-14)13-7-9-21-10-8-13/h1-11H,(H2,20,23,24). The zero-order valence-corrected chi connectivity index (χ0v) is 14.5. The van der Waals surface area contributed by atoms with Crippen molar-refractivity contribution >= 4 is 27.4 Å². The zero-order chi connectivity index (χ0) is 18.0. The van der Waals surface area contributed by atoms with E-state index in [1.54, 1.807) is 24.5 Å². The van der Waals surface area contributed by atoms with Crippen LogP contribution in [0.2, 0.25) is 5.02 Å². The fourth-order valence-corrected chi connectivity index (χ4v) is 3.46. The number of sulfonamides is 1. The number of carbonyl (C=O) groups excluding carboxylic acids is 1. The maximum Gasteiger partial charge on any atom is 0.239 e. The third-order valence-electron chi connectivity index (χ3n) is 3.66. The molecule has 0 amide bonds. The lowest BCUT2D eigenvalue weighted by Crippen LogP contribution is -2.14. The van der Waals surface area contributed by atoms with Gasteiger partial charge in [-0.3, -0.25) is 9.78 Å². The van der Waals surface area contributed by atoms with E-state index >= 15 is 0 Å². The lowest BCUT2D eigenvalue weighted by molar-refractivity contribution is 0.103. The normalized spacial score (nSPS) is 11.3. The highest BCUT2D eigenvalue weighted by Gasteiger charge is 2.17. The summed E-state index contributed by atoms with van der Waals surface area (Å²) in [6.45, 7) is 0. The lowest BCUT2D eigenvalue weighted by Gasteiger charge is -2.07. The smallest absolute Gasteiger partial charge is 0.239 e. The van der Waals surface area contributed by atoms with Crippen LogP contribution in [0.5, 0.6) is 0 Å². The number of aromatic nitrogens is 1. The molecule has 25 heavy (non-hydrogen) atoms. The molecule has 2 aromatic carbocycles. The number of carbonyl (C=O) groups is 1. The minimum Gasteiger partial charge on any atom is -0.289 e. The first-order chi connectivity index (χ1) is 11.9. The molecule has 0 atom stereocenters. The van der Waals surface area contributed by atoms with Gasteiger partial charge in [-0.05, 0) is 41.5 Å². The third kappa shape index (κ3) is 3.76. The van der Waals surface area contributed by atoms with Crippen LogP contribution in [-0.4, -0.2) is 19.2 Å². The van der Waals surface area contributed by atoms with Gasteiger partial charge in [-0.25, -0.2) is 13.6 Å². The molecular weight excluding hydrogens is 360 g/mol. The van der Waals surface area contributed by atoms with Crippen LogP contribution in [0, 0.1) is 0 Å². The fraction of sp³-hybridized carbons (Fsp3) is 0. The zero-order valence-electron chi connectivity index (χ0n) is 12.9. The molecule has 0 aliphatic heterocycles. The number of primary sulfonamides is 1.